The molecule has 52 heavy (non-hydrogen) atoms. The number of para-hydroxylation sites is 2. The highest BCUT2D eigenvalue weighted by Crippen LogP contribution is 2.44. The molecule has 0 fully saturated rings. The third-order valence-corrected chi connectivity index (χ3v) is 11.2. The molecule has 0 spiro atoms. The molecule has 0 amide bonds. The highest BCUT2D eigenvalue weighted by Gasteiger charge is 2.19. The van der Waals surface area contributed by atoms with Crippen molar-refractivity contribution < 1.29 is 0 Å². The predicted molar refractivity (Wildman–Crippen MR) is 219 cm³/mol. The first-order valence-electron chi connectivity index (χ1n) is 17.3. The number of rotatable bonds is 5. The Bertz CT molecular complexity index is 2960. The molecule has 0 aliphatic heterocycles. The van der Waals surface area contributed by atoms with Crippen molar-refractivity contribution in [1.29, 1.82) is 0 Å². The SMILES string of the molecule is [C-]#[N+]c1ccccc1-c1cc(-c2cc(-c3ccccc3)nc(-c3ccccc3)c2)cc(-n2c3ccccc3c3c4sc5ccccc5c4ccc32)c1. The normalized spacial score (nSPS) is 11.4. The summed E-state index contributed by atoms with van der Waals surface area (Å²) in [4.78, 5) is 9.10. The maximum absolute atomic E-state index is 8.04. The minimum atomic E-state index is 0.629. The van der Waals surface area contributed by atoms with Crippen LogP contribution in [0.25, 0.3) is 97.3 Å². The van der Waals surface area contributed by atoms with Gasteiger partial charge in [0.05, 0.1) is 29.0 Å². The first-order valence-corrected chi connectivity index (χ1v) is 18.1. The molecule has 0 N–H and O–H groups in total. The van der Waals surface area contributed by atoms with Gasteiger partial charge in [0.2, 0.25) is 0 Å². The molecule has 0 saturated carbocycles. The van der Waals surface area contributed by atoms with Crippen LogP contribution in [0.15, 0.2) is 176 Å². The van der Waals surface area contributed by atoms with E-state index in [4.69, 9.17) is 11.6 Å². The van der Waals surface area contributed by atoms with Crippen LogP contribution in [0.5, 0.6) is 0 Å². The summed E-state index contributed by atoms with van der Waals surface area (Å²) in [6.45, 7) is 8.04. The Balaban J connectivity index is 1.29. The van der Waals surface area contributed by atoms with E-state index in [1.165, 1.54) is 30.9 Å². The summed E-state index contributed by atoms with van der Waals surface area (Å²) in [6, 6.07) is 61.8. The molecule has 242 valence electrons. The average Bonchev–Trinajstić information content (AvgIpc) is 3.77. The van der Waals surface area contributed by atoms with Crippen molar-refractivity contribution in [2.45, 2.75) is 0 Å². The Hall–Kier alpha value is -6.80. The van der Waals surface area contributed by atoms with E-state index in [0.717, 1.165) is 61.5 Å². The highest BCUT2D eigenvalue weighted by molar-refractivity contribution is 7.26. The fourth-order valence-corrected chi connectivity index (χ4v) is 8.86. The van der Waals surface area contributed by atoms with Crippen molar-refractivity contribution in [2.75, 3.05) is 0 Å². The fourth-order valence-electron chi connectivity index (χ4n) is 7.60. The van der Waals surface area contributed by atoms with Crippen molar-refractivity contribution in [1.82, 2.24) is 9.55 Å². The van der Waals surface area contributed by atoms with E-state index in [1.54, 1.807) is 0 Å². The Kier molecular flexibility index (Phi) is 7.06. The van der Waals surface area contributed by atoms with Crippen molar-refractivity contribution in [3.63, 3.8) is 0 Å². The van der Waals surface area contributed by atoms with Crippen LogP contribution in [-0.4, -0.2) is 9.55 Å². The van der Waals surface area contributed by atoms with Crippen LogP contribution in [0.1, 0.15) is 0 Å². The number of thiophene rings is 1. The molecule has 0 aliphatic rings. The summed E-state index contributed by atoms with van der Waals surface area (Å²) >= 11 is 1.86. The lowest BCUT2D eigenvalue weighted by molar-refractivity contribution is 1.18. The van der Waals surface area contributed by atoms with Gasteiger partial charge in [-0.3, -0.25) is 0 Å². The lowest BCUT2D eigenvalue weighted by Crippen LogP contribution is -1.97. The Labute approximate surface area is 305 Å². The summed E-state index contributed by atoms with van der Waals surface area (Å²) in [5, 5.41) is 5.08. The van der Waals surface area contributed by atoms with Gasteiger partial charge in [0.1, 0.15) is 0 Å². The number of hydrogen-bond acceptors (Lipinski definition) is 2. The van der Waals surface area contributed by atoms with Gasteiger partial charge in [-0.25, -0.2) is 9.83 Å². The molecule has 0 saturated heterocycles. The summed E-state index contributed by atoms with van der Waals surface area (Å²) < 4.78 is 5.00. The van der Waals surface area contributed by atoms with Crippen LogP contribution >= 0.6 is 11.3 Å². The van der Waals surface area contributed by atoms with Crippen LogP contribution in [0.2, 0.25) is 0 Å². The highest BCUT2D eigenvalue weighted by atomic mass is 32.1. The van der Waals surface area contributed by atoms with Gasteiger partial charge in [-0.15, -0.1) is 11.3 Å². The third-order valence-electron chi connectivity index (χ3n) is 9.99. The maximum atomic E-state index is 8.04. The van der Waals surface area contributed by atoms with Gasteiger partial charge in [0.15, 0.2) is 5.69 Å². The Morgan fingerprint density at radius 2 is 1.10 bits per heavy atom. The molecule has 3 nitrogen and oxygen atoms in total. The predicted octanol–water partition coefficient (Wildman–Crippen LogP) is 13.8. The molecular weight excluding hydrogens is 651 g/mol. The molecule has 10 rings (SSSR count). The quantitative estimate of drug-likeness (QED) is 0.166. The van der Waals surface area contributed by atoms with Crippen molar-refractivity contribution >= 4 is 59.0 Å². The summed E-state index contributed by atoms with van der Waals surface area (Å²) in [5.74, 6) is 0. The second-order valence-electron chi connectivity index (χ2n) is 13.0. The van der Waals surface area contributed by atoms with Gasteiger partial charge in [0.25, 0.3) is 0 Å². The number of hydrogen-bond donors (Lipinski definition) is 0. The summed E-state index contributed by atoms with van der Waals surface area (Å²) in [6.07, 6.45) is 0. The number of aromatic nitrogens is 2. The first-order chi connectivity index (χ1) is 25.7. The fraction of sp³-hybridized carbons (Fsp3) is 0. The smallest absolute Gasteiger partial charge is 0.194 e. The standard InChI is InChI=1S/C48H29N3S/c1-49-41-21-11-8-18-37(41)35-26-33(34-29-42(31-14-4-2-5-15-31)50-43(30-34)32-16-6-3-7-17-32)27-36(28-35)51-44-22-12-9-20-40(44)47-45(51)25-24-39-38-19-10-13-23-46(38)52-48(39)47/h2-30H. The van der Waals surface area contributed by atoms with Gasteiger partial charge >= 0.3 is 0 Å². The monoisotopic (exact) mass is 679 g/mol. The molecule has 4 heteroatoms. The Morgan fingerprint density at radius 1 is 0.481 bits per heavy atom. The van der Waals surface area contributed by atoms with Crippen LogP contribution in [0.3, 0.4) is 0 Å². The zero-order valence-corrected chi connectivity index (χ0v) is 28.8. The van der Waals surface area contributed by atoms with Gasteiger partial charge in [0, 0.05) is 47.8 Å². The zero-order valence-electron chi connectivity index (χ0n) is 28.0. The van der Waals surface area contributed by atoms with E-state index >= 15 is 0 Å². The van der Waals surface area contributed by atoms with Crippen molar-refractivity contribution in [3.8, 4) is 50.5 Å². The summed E-state index contributed by atoms with van der Waals surface area (Å²) in [5.41, 5.74) is 11.9. The number of fused-ring (bicyclic) bond motifs is 7. The number of pyridine rings is 1. The maximum Gasteiger partial charge on any atom is 0.194 e. The van der Waals surface area contributed by atoms with E-state index < -0.39 is 0 Å². The lowest BCUT2D eigenvalue weighted by atomic mass is 9.95. The van der Waals surface area contributed by atoms with Crippen LogP contribution in [0, 0.1) is 6.57 Å². The van der Waals surface area contributed by atoms with Crippen LogP contribution in [-0.2, 0) is 0 Å². The second-order valence-corrected chi connectivity index (χ2v) is 14.1. The van der Waals surface area contributed by atoms with Gasteiger partial charge in [-0.05, 0) is 70.8 Å². The summed E-state index contributed by atoms with van der Waals surface area (Å²) in [7, 11) is 0. The molecule has 3 heterocycles. The van der Waals surface area contributed by atoms with Crippen LogP contribution in [0.4, 0.5) is 5.69 Å². The topological polar surface area (TPSA) is 22.2 Å². The molecule has 0 atom stereocenters. The molecule has 0 radical (unpaired) electrons. The molecule has 7 aromatic carbocycles. The van der Waals surface area contributed by atoms with Gasteiger partial charge in [-0.2, -0.15) is 0 Å². The second kappa shape index (κ2) is 12.2. The van der Waals surface area contributed by atoms with E-state index in [-0.39, 0.29) is 0 Å². The zero-order chi connectivity index (χ0) is 34.6. The molecule has 0 unspecified atom stereocenters. The number of benzene rings is 7. The van der Waals surface area contributed by atoms with Gasteiger partial charge < -0.3 is 4.57 Å². The molecular formula is C48H29N3S. The lowest BCUT2D eigenvalue weighted by Gasteiger charge is -2.16. The van der Waals surface area contributed by atoms with E-state index in [1.807, 2.05) is 41.7 Å². The van der Waals surface area contributed by atoms with E-state index in [9.17, 15) is 0 Å². The van der Waals surface area contributed by atoms with Crippen LogP contribution < -0.4 is 0 Å². The average molecular weight is 680 g/mol. The third kappa shape index (κ3) is 4.91. The largest absolute Gasteiger partial charge is 0.309 e. The van der Waals surface area contributed by atoms with Gasteiger partial charge in [-0.1, -0.05) is 127 Å². The molecule has 3 aromatic heterocycles. The van der Waals surface area contributed by atoms with E-state index in [0.29, 0.717) is 5.69 Å². The molecule has 10 aromatic rings. The molecule has 0 aliphatic carbocycles. The minimum Gasteiger partial charge on any atom is -0.309 e. The van der Waals surface area contributed by atoms with Crippen molar-refractivity contribution in [3.05, 3.63) is 187 Å². The minimum absolute atomic E-state index is 0.629. The van der Waals surface area contributed by atoms with Crippen molar-refractivity contribution in [2.24, 2.45) is 0 Å². The first kappa shape index (κ1) is 30.1. The number of nitrogens with zero attached hydrogens (tertiary/aromatic N) is 3. The molecule has 0 bridgehead atoms. The van der Waals surface area contributed by atoms with E-state index in [2.05, 4.69) is 155 Å². The Morgan fingerprint density at radius 3 is 1.85 bits per heavy atom.